The van der Waals surface area contributed by atoms with E-state index in [2.05, 4.69) is 5.10 Å². The van der Waals surface area contributed by atoms with Gasteiger partial charge in [-0.15, -0.1) is 0 Å². The summed E-state index contributed by atoms with van der Waals surface area (Å²) in [5.41, 5.74) is 0.716. The molecule has 1 heterocycles. The number of hydrogen-bond donors (Lipinski definition) is 0. The zero-order valence-electron chi connectivity index (χ0n) is 10.9. The molecule has 8 heteroatoms. The Morgan fingerprint density at radius 2 is 2.15 bits per heavy atom. The lowest BCUT2D eigenvalue weighted by Gasteiger charge is -2.16. The Hall–Kier alpha value is -1.44. The van der Waals surface area contributed by atoms with Crippen LogP contribution in [0.1, 0.15) is 5.56 Å². The normalized spacial score (nSPS) is 12.1. The average Bonchev–Trinajstić information content (AvgIpc) is 2.74. The van der Waals surface area contributed by atoms with Crippen molar-refractivity contribution in [3.63, 3.8) is 0 Å². The van der Waals surface area contributed by atoms with Crippen LogP contribution < -0.4 is 0 Å². The van der Waals surface area contributed by atoms with Crippen molar-refractivity contribution in [2.45, 2.75) is 11.4 Å². The Labute approximate surface area is 121 Å². The van der Waals surface area contributed by atoms with Crippen molar-refractivity contribution in [3.05, 3.63) is 47.0 Å². The van der Waals surface area contributed by atoms with Gasteiger partial charge in [0.1, 0.15) is 10.7 Å². The van der Waals surface area contributed by atoms with E-state index in [0.29, 0.717) is 5.56 Å². The molecular formula is C12H13ClFN3O2S. The van der Waals surface area contributed by atoms with Gasteiger partial charge in [-0.3, -0.25) is 4.68 Å². The number of rotatable bonds is 4. The molecule has 2 rings (SSSR count). The fourth-order valence-electron chi connectivity index (χ4n) is 1.75. The second-order valence-corrected chi connectivity index (χ2v) is 6.81. The Kier molecular flexibility index (Phi) is 4.12. The molecule has 0 fully saturated rings. The van der Waals surface area contributed by atoms with E-state index in [0.717, 1.165) is 16.4 Å². The smallest absolute Gasteiger partial charge is 0.246 e. The van der Waals surface area contributed by atoms with E-state index in [1.807, 2.05) is 0 Å². The van der Waals surface area contributed by atoms with Crippen LogP contribution in [-0.4, -0.2) is 29.6 Å². The molecule has 0 aliphatic rings. The molecule has 0 aliphatic heterocycles. The van der Waals surface area contributed by atoms with E-state index in [9.17, 15) is 12.8 Å². The molecule has 1 aromatic heterocycles. The van der Waals surface area contributed by atoms with Gasteiger partial charge >= 0.3 is 0 Å². The lowest BCUT2D eigenvalue weighted by atomic mass is 10.3. The summed E-state index contributed by atoms with van der Waals surface area (Å²) in [5.74, 6) is -0.865. The lowest BCUT2D eigenvalue weighted by molar-refractivity contribution is 0.460. The number of hydrogen-bond acceptors (Lipinski definition) is 3. The fourth-order valence-corrected chi connectivity index (χ4v) is 3.11. The third-order valence-electron chi connectivity index (χ3n) is 2.75. The molecule has 2 aromatic rings. The minimum absolute atomic E-state index is 0.109. The predicted molar refractivity (Wildman–Crippen MR) is 73.3 cm³/mol. The van der Waals surface area contributed by atoms with Crippen LogP contribution in [0.4, 0.5) is 4.39 Å². The van der Waals surface area contributed by atoms with Crippen molar-refractivity contribution in [1.29, 1.82) is 0 Å². The summed E-state index contributed by atoms with van der Waals surface area (Å²) in [6, 6.07) is 3.48. The summed E-state index contributed by atoms with van der Waals surface area (Å²) in [6.45, 7) is 0.109. The summed E-state index contributed by atoms with van der Waals surface area (Å²) < 4.78 is 41.0. The highest BCUT2D eigenvalue weighted by Crippen LogP contribution is 2.22. The van der Waals surface area contributed by atoms with E-state index in [4.69, 9.17) is 11.6 Å². The summed E-state index contributed by atoms with van der Waals surface area (Å²) in [5, 5.41) is 4.11. The second kappa shape index (κ2) is 5.51. The van der Waals surface area contributed by atoms with Gasteiger partial charge in [0.2, 0.25) is 10.0 Å². The molecule has 5 nitrogen and oxygen atoms in total. The van der Waals surface area contributed by atoms with Gasteiger partial charge in [0.05, 0.1) is 6.20 Å². The predicted octanol–water partition coefficient (Wildman–Crippen LogP) is 2.03. The van der Waals surface area contributed by atoms with Crippen molar-refractivity contribution in [2.24, 2.45) is 7.05 Å². The Morgan fingerprint density at radius 1 is 1.45 bits per heavy atom. The highest BCUT2D eigenvalue weighted by atomic mass is 35.5. The van der Waals surface area contributed by atoms with Gasteiger partial charge in [-0.05, 0) is 18.2 Å². The number of aromatic nitrogens is 2. The van der Waals surface area contributed by atoms with Gasteiger partial charge in [-0.25, -0.2) is 12.8 Å². The molecule has 0 N–H and O–H groups in total. The van der Waals surface area contributed by atoms with E-state index < -0.39 is 20.7 Å². The van der Waals surface area contributed by atoms with Crippen LogP contribution in [0.3, 0.4) is 0 Å². The molecular weight excluding hydrogens is 305 g/mol. The largest absolute Gasteiger partial charge is 0.275 e. The second-order valence-electron chi connectivity index (χ2n) is 4.36. The van der Waals surface area contributed by atoms with E-state index in [1.54, 1.807) is 24.1 Å². The van der Waals surface area contributed by atoms with Gasteiger partial charge in [0.25, 0.3) is 0 Å². The van der Waals surface area contributed by atoms with E-state index in [1.165, 1.54) is 13.1 Å². The van der Waals surface area contributed by atoms with Gasteiger partial charge in [-0.1, -0.05) is 11.6 Å². The number of nitrogens with zero attached hydrogens (tertiary/aromatic N) is 3. The van der Waals surface area contributed by atoms with Crippen LogP contribution in [0, 0.1) is 5.82 Å². The number of benzene rings is 1. The number of halogens is 2. The highest BCUT2D eigenvalue weighted by molar-refractivity contribution is 7.89. The molecule has 0 amide bonds. The summed E-state index contributed by atoms with van der Waals surface area (Å²) in [7, 11) is -0.794. The molecule has 0 saturated carbocycles. The quantitative estimate of drug-likeness (QED) is 0.867. The van der Waals surface area contributed by atoms with Crippen LogP contribution in [0.15, 0.2) is 35.5 Å². The van der Waals surface area contributed by atoms with Crippen LogP contribution in [0.25, 0.3) is 0 Å². The Balaban J connectivity index is 2.29. The first-order valence-corrected chi connectivity index (χ1v) is 7.51. The topological polar surface area (TPSA) is 55.2 Å². The molecule has 1 aromatic carbocycles. The zero-order valence-corrected chi connectivity index (χ0v) is 12.5. The lowest BCUT2D eigenvalue weighted by Crippen LogP contribution is -2.27. The SMILES string of the molecule is CN(Cc1cnn(C)c1)S(=O)(=O)c1ccc(Cl)cc1F. The summed E-state index contributed by atoms with van der Waals surface area (Å²) in [6.07, 6.45) is 3.26. The van der Waals surface area contributed by atoms with Gasteiger partial charge < -0.3 is 0 Å². The van der Waals surface area contributed by atoms with Crippen molar-refractivity contribution in [2.75, 3.05) is 7.05 Å². The molecule has 20 heavy (non-hydrogen) atoms. The van der Waals surface area contributed by atoms with Crippen molar-refractivity contribution >= 4 is 21.6 Å². The maximum absolute atomic E-state index is 13.7. The van der Waals surface area contributed by atoms with Gasteiger partial charge in [-0.2, -0.15) is 9.40 Å². The molecule has 0 unspecified atom stereocenters. The van der Waals surface area contributed by atoms with Crippen LogP contribution in [0.2, 0.25) is 5.02 Å². The first-order chi connectivity index (χ1) is 9.30. The molecule has 0 aliphatic carbocycles. The standard InChI is InChI=1S/C12H13ClFN3O2S/c1-16-7-9(6-15-16)8-17(2)20(18,19)12-4-3-10(13)5-11(12)14/h3-7H,8H2,1-2H3. The molecule has 108 valence electrons. The fraction of sp³-hybridized carbons (Fsp3) is 0.250. The van der Waals surface area contributed by atoms with Crippen molar-refractivity contribution < 1.29 is 12.8 Å². The third kappa shape index (κ3) is 3.00. The molecule has 0 spiro atoms. The van der Waals surface area contributed by atoms with Crippen LogP contribution in [0.5, 0.6) is 0 Å². The minimum atomic E-state index is -3.91. The zero-order chi connectivity index (χ0) is 14.9. The monoisotopic (exact) mass is 317 g/mol. The van der Waals surface area contributed by atoms with Crippen molar-refractivity contribution in [3.8, 4) is 0 Å². The number of sulfonamides is 1. The van der Waals surface area contributed by atoms with Crippen LogP contribution in [-0.2, 0) is 23.6 Å². The summed E-state index contributed by atoms with van der Waals surface area (Å²) >= 11 is 5.62. The van der Waals surface area contributed by atoms with E-state index >= 15 is 0 Å². The maximum atomic E-state index is 13.7. The van der Waals surface area contributed by atoms with Crippen LogP contribution >= 0.6 is 11.6 Å². The first-order valence-electron chi connectivity index (χ1n) is 5.69. The molecule has 0 radical (unpaired) electrons. The molecule has 0 saturated heterocycles. The Bertz CT molecular complexity index is 730. The Morgan fingerprint density at radius 3 is 2.70 bits per heavy atom. The summed E-state index contributed by atoms with van der Waals surface area (Å²) in [4.78, 5) is -0.395. The average molecular weight is 318 g/mol. The van der Waals surface area contributed by atoms with Gasteiger partial charge in [0, 0.05) is 37.4 Å². The van der Waals surface area contributed by atoms with E-state index in [-0.39, 0.29) is 11.6 Å². The molecule has 0 atom stereocenters. The third-order valence-corrected chi connectivity index (χ3v) is 4.82. The van der Waals surface area contributed by atoms with Gasteiger partial charge in [0.15, 0.2) is 0 Å². The van der Waals surface area contributed by atoms with Crippen molar-refractivity contribution in [1.82, 2.24) is 14.1 Å². The highest BCUT2D eigenvalue weighted by Gasteiger charge is 2.24. The first kappa shape index (κ1) is 15.0. The maximum Gasteiger partial charge on any atom is 0.246 e. The molecule has 0 bridgehead atoms. The number of aryl methyl sites for hydroxylation is 1. The minimum Gasteiger partial charge on any atom is -0.275 e.